The van der Waals surface area contributed by atoms with Gasteiger partial charge in [0.25, 0.3) is 0 Å². The maximum absolute atomic E-state index is 9.75. The fourth-order valence-corrected chi connectivity index (χ4v) is 2.55. The molecule has 0 spiro atoms. The lowest BCUT2D eigenvalue weighted by molar-refractivity contribution is 0.462. The highest BCUT2D eigenvalue weighted by Gasteiger charge is 2.10. The third-order valence-electron chi connectivity index (χ3n) is 2.40. The molecule has 0 aliphatic rings. The third kappa shape index (κ3) is 1.70. The Morgan fingerprint density at radius 1 is 1.12 bits per heavy atom. The topological polar surface area (TPSA) is 66.2 Å². The second kappa shape index (κ2) is 3.71. The molecule has 0 radical (unpaired) electrons. The quantitative estimate of drug-likeness (QED) is 0.646. The van der Waals surface area contributed by atoms with E-state index in [1.54, 1.807) is 12.4 Å². The van der Waals surface area contributed by atoms with Crippen LogP contribution in [-0.2, 0) is 0 Å². The Labute approximate surface area is 101 Å². The average molecular weight is 244 g/mol. The van der Waals surface area contributed by atoms with E-state index >= 15 is 0 Å². The van der Waals surface area contributed by atoms with Crippen molar-refractivity contribution in [3.63, 3.8) is 0 Å². The summed E-state index contributed by atoms with van der Waals surface area (Å²) in [5.74, 6) is 0.213. The number of phenols is 2. The zero-order valence-electron chi connectivity index (χ0n) is 8.66. The van der Waals surface area contributed by atoms with E-state index < -0.39 is 0 Å². The van der Waals surface area contributed by atoms with Crippen LogP contribution >= 0.6 is 11.3 Å². The van der Waals surface area contributed by atoms with E-state index in [2.05, 4.69) is 9.97 Å². The minimum Gasteiger partial charge on any atom is -0.508 e. The minimum atomic E-state index is 0.106. The molecule has 0 fully saturated rings. The van der Waals surface area contributed by atoms with Gasteiger partial charge in [0.05, 0.1) is 16.5 Å². The molecule has 0 atom stereocenters. The summed E-state index contributed by atoms with van der Waals surface area (Å²) < 4.78 is 0.998. The van der Waals surface area contributed by atoms with E-state index in [0.29, 0.717) is 10.6 Å². The molecule has 0 amide bonds. The van der Waals surface area contributed by atoms with Crippen molar-refractivity contribution >= 4 is 21.6 Å². The summed E-state index contributed by atoms with van der Waals surface area (Å²) in [4.78, 5) is 8.36. The second-order valence-corrected chi connectivity index (χ2v) is 4.59. The number of thiazole rings is 1. The number of nitrogens with zero attached hydrogens (tertiary/aromatic N) is 2. The van der Waals surface area contributed by atoms with Gasteiger partial charge in [0.15, 0.2) is 0 Å². The molecule has 1 aromatic carbocycles. The Morgan fingerprint density at radius 3 is 2.82 bits per heavy atom. The van der Waals surface area contributed by atoms with Crippen LogP contribution in [0.4, 0.5) is 0 Å². The van der Waals surface area contributed by atoms with Crippen molar-refractivity contribution in [1.82, 2.24) is 9.97 Å². The van der Waals surface area contributed by atoms with Gasteiger partial charge in [-0.25, -0.2) is 4.98 Å². The number of hydrogen-bond donors (Lipinski definition) is 2. The van der Waals surface area contributed by atoms with Gasteiger partial charge in [-0.05, 0) is 24.3 Å². The monoisotopic (exact) mass is 244 g/mol. The largest absolute Gasteiger partial charge is 0.508 e. The van der Waals surface area contributed by atoms with Crippen LogP contribution in [0.5, 0.6) is 11.5 Å². The number of benzene rings is 1. The standard InChI is InChI=1S/C12H8N2O2S/c15-7-1-2-10(16)8(5-7)12-14-9-6-13-4-3-11(9)17-12/h1-6,15-16H. The van der Waals surface area contributed by atoms with E-state index in [1.165, 1.54) is 29.5 Å². The van der Waals surface area contributed by atoms with Crippen molar-refractivity contribution in [3.8, 4) is 22.1 Å². The summed E-state index contributed by atoms with van der Waals surface area (Å²) in [5, 5.41) is 19.8. The molecule has 0 saturated heterocycles. The van der Waals surface area contributed by atoms with E-state index in [-0.39, 0.29) is 11.5 Å². The lowest BCUT2D eigenvalue weighted by Gasteiger charge is -2.00. The summed E-state index contributed by atoms with van der Waals surface area (Å²) in [6.07, 6.45) is 3.38. The van der Waals surface area contributed by atoms with Crippen molar-refractivity contribution in [2.24, 2.45) is 0 Å². The van der Waals surface area contributed by atoms with Crippen molar-refractivity contribution in [3.05, 3.63) is 36.7 Å². The number of phenolic OH excluding ortho intramolecular Hbond substituents is 2. The van der Waals surface area contributed by atoms with Gasteiger partial charge in [0.2, 0.25) is 0 Å². The smallest absolute Gasteiger partial charge is 0.128 e. The van der Waals surface area contributed by atoms with Gasteiger partial charge in [0.1, 0.15) is 22.0 Å². The molecule has 2 aromatic heterocycles. The summed E-state index contributed by atoms with van der Waals surface area (Å²) in [6.45, 7) is 0. The molecule has 3 rings (SSSR count). The summed E-state index contributed by atoms with van der Waals surface area (Å²) >= 11 is 1.45. The van der Waals surface area contributed by atoms with Crippen LogP contribution in [0.3, 0.4) is 0 Å². The van der Waals surface area contributed by atoms with Crippen molar-refractivity contribution in [2.75, 3.05) is 0 Å². The number of hydrogen-bond acceptors (Lipinski definition) is 5. The Morgan fingerprint density at radius 2 is 2.00 bits per heavy atom. The molecule has 0 aliphatic carbocycles. The van der Waals surface area contributed by atoms with Gasteiger partial charge in [-0.2, -0.15) is 0 Å². The van der Waals surface area contributed by atoms with Crippen molar-refractivity contribution < 1.29 is 10.2 Å². The number of rotatable bonds is 1. The van der Waals surface area contributed by atoms with Crippen molar-refractivity contribution in [2.45, 2.75) is 0 Å². The first-order chi connectivity index (χ1) is 8.24. The highest BCUT2D eigenvalue weighted by molar-refractivity contribution is 7.21. The average Bonchev–Trinajstić information content (AvgIpc) is 2.75. The highest BCUT2D eigenvalue weighted by Crippen LogP contribution is 2.36. The maximum atomic E-state index is 9.75. The van der Waals surface area contributed by atoms with E-state index in [4.69, 9.17) is 0 Å². The molecule has 0 bridgehead atoms. The van der Waals surface area contributed by atoms with Crippen molar-refractivity contribution in [1.29, 1.82) is 0 Å². The summed E-state index contributed by atoms with van der Waals surface area (Å²) in [7, 11) is 0. The van der Waals surface area contributed by atoms with E-state index in [9.17, 15) is 10.2 Å². The molecule has 2 N–H and O–H groups in total. The molecular formula is C12H8N2O2S. The highest BCUT2D eigenvalue weighted by atomic mass is 32.1. The van der Waals surface area contributed by atoms with Gasteiger partial charge in [0, 0.05) is 6.20 Å². The molecule has 17 heavy (non-hydrogen) atoms. The molecule has 5 heteroatoms. The van der Waals surface area contributed by atoms with Crippen LogP contribution in [0, 0.1) is 0 Å². The number of aromatic hydroxyl groups is 2. The zero-order chi connectivity index (χ0) is 11.8. The zero-order valence-corrected chi connectivity index (χ0v) is 9.48. The van der Waals surface area contributed by atoms with Crippen LogP contribution in [0.25, 0.3) is 20.8 Å². The Hall–Kier alpha value is -2.14. The van der Waals surface area contributed by atoms with Crippen LogP contribution in [-0.4, -0.2) is 20.2 Å². The summed E-state index contributed by atoms with van der Waals surface area (Å²) in [5.41, 5.74) is 1.32. The van der Waals surface area contributed by atoms with Crippen LogP contribution in [0.2, 0.25) is 0 Å². The van der Waals surface area contributed by atoms with Gasteiger partial charge in [-0.15, -0.1) is 11.3 Å². The lowest BCUT2D eigenvalue weighted by atomic mass is 10.2. The van der Waals surface area contributed by atoms with Crippen LogP contribution in [0.1, 0.15) is 0 Å². The normalized spacial score (nSPS) is 10.8. The first-order valence-corrected chi connectivity index (χ1v) is 5.78. The molecule has 0 unspecified atom stereocenters. The molecular weight excluding hydrogens is 236 g/mol. The molecule has 2 heterocycles. The predicted molar refractivity (Wildman–Crippen MR) is 66.2 cm³/mol. The summed E-state index contributed by atoms with van der Waals surface area (Å²) in [6, 6.07) is 6.26. The predicted octanol–water partition coefficient (Wildman–Crippen LogP) is 2.77. The molecule has 0 aliphatic heterocycles. The van der Waals surface area contributed by atoms with E-state index in [1.807, 2.05) is 6.07 Å². The van der Waals surface area contributed by atoms with Gasteiger partial charge >= 0.3 is 0 Å². The first kappa shape index (κ1) is 10.0. The number of pyridine rings is 1. The third-order valence-corrected chi connectivity index (χ3v) is 3.47. The van der Waals surface area contributed by atoms with Crippen LogP contribution in [0.15, 0.2) is 36.7 Å². The second-order valence-electron chi connectivity index (χ2n) is 3.56. The maximum Gasteiger partial charge on any atom is 0.128 e. The van der Waals surface area contributed by atoms with E-state index in [0.717, 1.165) is 10.2 Å². The first-order valence-electron chi connectivity index (χ1n) is 4.97. The lowest BCUT2D eigenvalue weighted by Crippen LogP contribution is -1.77. The van der Waals surface area contributed by atoms with Gasteiger partial charge in [-0.3, -0.25) is 4.98 Å². The molecule has 3 aromatic rings. The fraction of sp³-hybridized carbons (Fsp3) is 0. The molecule has 84 valence electrons. The molecule has 4 nitrogen and oxygen atoms in total. The number of fused-ring (bicyclic) bond motifs is 1. The number of aromatic nitrogens is 2. The fourth-order valence-electron chi connectivity index (χ4n) is 1.59. The van der Waals surface area contributed by atoms with Gasteiger partial charge in [-0.1, -0.05) is 0 Å². The Balaban J connectivity index is 2.23. The SMILES string of the molecule is Oc1ccc(O)c(-c2nc3cnccc3s2)c1. The Kier molecular flexibility index (Phi) is 2.19. The molecule has 0 saturated carbocycles. The van der Waals surface area contributed by atoms with Crippen LogP contribution < -0.4 is 0 Å². The van der Waals surface area contributed by atoms with Gasteiger partial charge < -0.3 is 10.2 Å². The Bertz CT molecular complexity index is 661. The minimum absolute atomic E-state index is 0.106.